The number of hydrogen-bond donors (Lipinski definition) is 1. The molecule has 0 aromatic heterocycles. The van der Waals surface area contributed by atoms with Crippen LogP contribution in [0, 0.1) is 20.8 Å². The summed E-state index contributed by atoms with van der Waals surface area (Å²) in [4.78, 5) is 30.3. The van der Waals surface area contributed by atoms with E-state index in [-0.39, 0.29) is 18.4 Å². The predicted octanol–water partition coefficient (Wildman–Crippen LogP) is 5.07. The van der Waals surface area contributed by atoms with Gasteiger partial charge < -0.3 is 10.2 Å². The summed E-state index contributed by atoms with van der Waals surface area (Å²) in [6.07, 6.45) is 0. The highest BCUT2D eigenvalue weighted by Crippen LogP contribution is 2.32. The normalized spacial score (nSPS) is 13.7. The quantitative estimate of drug-likeness (QED) is 0.545. The molecule has 0 radical (unpaired) electrons. The minimum Gasteiger partial charge on any atom is -0.378 e. The number of imide groups is 1. The molecule has 4 rings (SSSR count). The molecule has 5 heteroatoms. The van der Waals surface area contributed by atoms with E-state index in [1.165, 1.54) is 4.90 Å². The highest BCUT2D eigenvalue weighted by atomic mass is 16.2. The molecule has 1 heterocycles. The van der Waals surface area contributed by atoms with Crippen LogP contribution in [0.25, 0.3) is 5.57 Å². The van der Waals surface area contributed by atoms with Gasteiger partial charge in [0.15, 0.2) is 0 Å². The average Bonchev–Trinajstić information content (AvgIpc) is 3.02. The van der Waals surface area contributed by atoms with Crippen molar-refractivity contribution in [3.8, 4) is 0 Å². The number of nitrogens with zero attached hydrogens (tertiary/aromatic N) is 2. The Morgan fingerprint density at radius 2 is 1.45 bits per heavy atom. The molecule has 33 heavy (non-hydrogen) atoms. The van der Waals surface area contributed by atoms with Crippen molar-refractivity contribution in [2.24, 2.45) is 0 Å². The summed E-state index contributed by atoms with van der Waals surface area (Å²) in [5, 5.41) is 3.24. The monoisotopic (exact) mass is 439 g/mol. The molecule has 0 atom stereocenters. The van der Waals surface area contributed by atoms with Gasteiger partial charge in [-0.1, -0.05) is 48.0 Å². The van der Waals surface area contributed by atoms with Gasteiger partial charge in [-0.05, 0) is 67.3 Å². The molecule has 2 amide bonds. The third-order valence-corrected chi connectivity index (χ3v) is 6.08. The zero-order valence-corrected chi connectivity index (χ0v) is 19.8. The van der Waals surface area contributed by atoms with Gasteiger partial charge in [-0.2, -0.15) is 0 Å². The van der Waals surface area contributed by atoms with Crippen LogP contribution in [0.2, 0.25) is 0 Å². The fraction of sp³-hybridized carbons (Fsp3) is 0.214. The van der Waals surface area contributed by atoms with Crippen molar-refractivity contribution in [2.45, 2.75) is 27.3 Å². The summed E-state index contributed by atoms with van der Waals surface area (Å²) in [5.74, 6) is -0.596. The first-order chi connectivity index (χ1) is 15.7. The van der Waals surface area contributed by atoms with Crippen molar-refractivity contribution >= 4 is 28.8 Å². The zero-order chi connectivity index (χ0) is 23.7. The van der Waals surface area contributed by atoms with Crippen molar-refractivity contribution in [1.29, 1.82) is 0 Å². The first kappa shape index (κ1) is 22.3. The minimum absolute atomic E-state index is 0.233. The summed E-state index contributed by atoms with van der Waals surface area (Å²) in [6.45, 7) is 6.29. The molecule has 0 bridgehead atoms. The van der Waals surface area contributed by atoms with Gasteiger partial charge in [0.05, 0.1) is 12.1 Å². The molecule has 168 valence electrons. The van der Waals surface area contributed by atoms with Crippen molar-refractivity contribution in [1.82, 2.24) is 4.90 Å². The number of aryl methyl sites for hydroxylation is 3. The number of carbonyl (C=O) groups excluding carboxylic acids is 2. The van der Waals surface area contributed by atoms with Crippen LogP contribution < -0.4 is 10.2 Å². The lowest BCUT2D eigenvalue weighted by molar-refractivity contribution is -0.137. The van der Waals surface area contributed by atoms with E-state index in [1.807, 2.05) is 106 Å². The third kappa shape index (κ3) is 4.53. The first-order valence-electron chi connectivity index (χ1n) is 11.0. The maximum atomic E-state index is 13.5. The van der Waals surface area contributed by atoms with Crippen LogP contribution in [0.5, 0.6) is 0 Å². The number of benzene rings is 3. The fourth-order valence-electron chi connectivity index (χ4n) is 3.86. The minimum atomic E-state index is -0.314. The molecule has 3 aromatic rings. The molecular weight excluding hydrogens is 410 g/mol. The number of hydrogen-bond acceptors (Lipinski definition) is 4. The Labute approximate surface area is 195 Å². The highest BCUT2D eigenvalue weighted by Gasteiger charge is 2.39. The maximum Gasteiger partial charge on any atom is 0.278 e. The van der Waals surface area contributed by atoms with E-state index < -0.39 is 0 Å². The van der Waals surface area contributed by atoms with E-state index in [9.17, 15) is 9.59 Å². The summed E-state index contributed by atoms with van der Waals surface area (Å²) in [6, 6.07) is 21.6. The molecule has 0 unspecified atom stereocenters. The predicted molar refractivity (Wildman–Crippen MR) is 134 cm³/mol. The van der Waals surface area contributed by atoms with Gasteiger partial charge in [-0.15, -0.1) is 0 Å². The highest BCUT2D eigenvalue weighted by molar-refractivity contribution is 6.36. The van der Waals surface area contributed by atoms with E-state index in [0.29, 0.717) is 11.3 Å². The van der Waals surface area contributed by atoms with Crippen LogP contribution in [0.4, 0.5) is 11.4 Å². The Balaban J connectivity index is 1.73. The lowest BCUT2D eigenvalue weighted by Gasteiger charge is -2.16. The molecule has 0 aliphatic carbocycles. The van der Waals surface area contributed by atoms with E-state index in [0.717, 1.165) is 39.2 Å². The largest absolute Gasteiger partial charge is 0.378 e. The molecular formula is C28H29N3O2. The molecule has 5 nitrogen and oxygen atoms in total. The van der Waals surface area contributed by atoms with E-state index in [2.05, 4.69) is 5.32 Å². The second kappa shape index (κ2) is 8.94. The molecule has 0 saturated carbocycles. The number of anilines is 2. The van der Waals surface area contributed by atoms with Crippen LogP contribution in [-0.2, 0) is 16.1 Å². The van der Waals surface area contributed by atoms with Gasteiger partial charge in [-0.25, -0.2) is 0 Å². The lowest BCUT2D eigenvalue weighted by Crippen LogP contribution is -2.32. The van der Waals surface area contributed by atoms with Crippen LogP contribution in [0.15, 0.2) is 72.4 Å². The Bertz CT molecular complexity index is 1240. The van der Waals surface area contributed by atoms with Crippen molar-refractivity contribution in [3.05, 3.63) is 100 Å². The van der Waals surface area contributed by atoms with Gasteiger partial charge in [0.1, 0.15) is 5.70 Å². The van der Waals surface area contributed by atoms with E-state index >= 15 is 0 Å². The van der Waals surface area contributed by atoms with E-state index in [4.69, 9.17) is 0 Å². The molecule has 0 saturated heterocycles. The standard InChI is InChI=1S/C28H29N3O2/c1-18-6-9-21(10-7-18)17-31-27(32)25(22-11-8-19(2)20(3)16-22)26(28(31)33)29-23-12-14-24(15-13-23)30(4)5/h6-16,29H,17H2,1-5H3. The summed E-state index contributed by atoms with van der Waals surface area (Å²) < 4.78 is 0. The SMILES string of the molecule is Cc1ccc(CN2C(=O)C(Nc3ccc(N(C)C)cc3)=C(c3ccc(C)c(C)c3)C2=O)cc1. The van der Waals surface area contributed by atoms with Gasteiger partial charge in [0.25, 0.3) is 11.8 Å². The second-order valence-corrected chi connectivity index (χ2v) is 8.80. The van der Waals surface area contributed by atoms with Crippen molar-refractivity contribution in [3.63, 3.8) is 0 Å². The first-order valence-corrected chi connectivity index (χ1v) is 11.0. The van der Waals surface area contributed by atoms with Crippen LogP contribution in [0.1, 0.15) is 27.8 Å². The zero-order valence-electron chi connectivity index (χ0n) is 19.8. The third-order valence-electron chi connectivity index (χ3n) is 6.08. The molecule has 1 aliphatic heterocycles. The van der Waals surface area contributed by atoms with Gasteiger partial charge in [-0.3, -0.25) is 14.5 Å². The number of amides is 2. The smallest absolute Gasteiger partial charge is 0.278 e. The Morgan fingerprint density at radius 3 is 2.06 bits per heavy atom. The van der Waals surface area contributed by atoms with Crippen molar-refractivity contribution < 1.29 is 9.59 Å². The van der Waals surface area contributed by atoms with Crippen LogP contribution >= 0.6 is 0 Å². The number of nitrogens with one attached hydrogen (secondary N) is 1. The molecule has 3 aromatic carbocycles. The van der Waals surface area contributed by atoms with Crippen molar-refractivity contribution in [2.75, 3.05) is 24.3 Å². The summed E-state index contributed by atoms with van der Waals surface area (Å²) in [7, 11) is 3.95. The van der Waals surface area contributed by atoms with Crippen LogP contribution in [-0.4, -0.2) is 30.8 Å². The Morgan fingerprint density at radius 1 is 0.788 bits per heavy atom. The summed E-state index contributed by atoms with van der Waals surface area (Å²) >= 11 is 0. The molecule has 0 spiro atoms. The van der Waals surface area contributed by atoms with E-state index in [1.54, 1.807) is 0 Å². The van der Waals surface area contributed by atoms with Gasteiger partial charge >= 0.3 is 0 Å². The Kier molecular flexibility index (Phi) is 6.05. The fourth-order valence-corrected chi connectivity index (χ4v) is 3.86. The number of rotatable bonds is 6. The molecule has 0 fully saturated rings. The van der Waals surface area contributed by atoms with Gasteiger partial charge in [0.2, 0.25) is 0 Å². The molecule has 1 aliphatic rings. The van der Waals surface area contributed by atoms with Crippen LogP contribution in [0.3, 0.4) is 0 Å². The average molecular weight is 440 g/mol. The second-order valence-electron chi connectivity index (χ2n) is 8.80. The number of carbonyl (C=O) groups is 2. The molecule has 1 N–H and O–H groups in total. The lowest BCUT2D eigenvalue weighted by atomic mass is 9.99. The summed E-state index contributed by atoms with van der Waals surface area (Å²) in [5.41, 5.74) is 7.55. The maximum absolute atomic E-state index is 13.5. The Hall–Kier alpha value is -3.86. The van der Waals surface area contributed by atoms with Gasteiger partial charge in [0, 0.05) is 25.5 Å². The topological polar surface area (TPSA) is 52.7 Å².